The number of rotatable bonds is 8. The minimum absolute atomic E-state index is 0.246. The predicted molar refractivity (Wildman–Crippen MR) is 76.1 cm³/mol. The van der Waals surface area contributed by atoms with Crippen molar-refractivity contribution in [3.05, 3.63) is 29.6 Å². The van der Waals surface area contributed by atoms with E-state index in [4.69, 9.17) is 0 Å². The van der Waals surface area contributed by atoms with Crippen molar-refractivity contribution in [1.29, 1.82) is 0 Å². The lowest BCUT2D eigenvalue weighted by Gasteiger charge is -2.10. The number of unbranched alkanes of at least 4 members (excludes halogenated alkanes) is 1. The third-order valence-electron chi connectivity index (χ3n) is 2.65. The quantitative estimate of drug-likeness (QED) is 0.571. The molecule has 2 N–H and O–H groups in total. The van der Waals surface area contributed by atoms with E-state index in [9.17, 15) is 21.6 Å². The molecule has 0 atom stereocenters. The molecule has 0 bridgehead atoms. The minimum Gasteiger partial charge on any atom is -0.315 e. The number of halogens is 3. The molecular weight excluding hydrogens is 305 g/mol. The van der Waals surface area contributed by atoms with Crippen LogP contribution in [0.2, 0.25) is 0 Å². The highest BCUT2D eigenvalue weighted by atomic mass is 32.2. The van der Waals surface area contributed by atoms with E-state index < -0.39 is 33.2 Å². The van der Waals surface area contributed by atoms with Crippen LogP contribution >= 0.6 is 0 Å². The second kappa shape index (κ2) is 7.65. The number of nitrogens with one attached hydrogen (secondary N) is 2. The summed E-state index contributed by atoms with van der Waals surface area (Å²) in [6, 6.07) is 1.27. The Hall–Kier alpha value is -1.28. The number of hydrogen-bond donors (Lipinski definition) is 2. The molecule has 0 fully saturated rings. The van der Waals surface area contributed by atoms with Gasteiger partial charge in [-0.15, -0.1) is 0 Å². The highest BCUT2D eigenvalue weighted by molar-refractivity contribution is 7.92. The SMILES string of the molecule is CC(C)NCCCCS(=O)(=O)Nc1cc(F)cc(F)c1F. The van der Waals surface area contributed by atoms with Crippen molar-refractivity contribution in [2.24, 2.45) is 0 Å². The van der Waals surface area contributed by atoms with E-state index in [2.05, 4.69) is 5.32 Å². The van der Waals surface area contributed by atoms with Crippen molar-refractivity contribution in [2.75, 3.05) is 17.0 Å². The van der Waals surface area contributed by atoms with E-state index in [0.717, 1.165) is 0 Å². The Morgan fingerprint density at radius 3 is 2.43 bits per heavy atom. The van der Waals surface area contributed by atoms with Crippen molar-refractivity contribution < 1.29 is 21.6 Å². The average Bonchev–Trinajstić information content (AvgIpc) is 2.34. The fraction of sp³-hybridized carbons (Fsp3) is 0.538. The molecule has 0 saturated heterocycles. The summed E-state index contributed by atoms with van der Waals surface area (Å²) in [7, 11) is -3.84. The molecule has 0 amide bonds. The summed E-state index contributed by atoms with van der Waals surface area (Å²) in [5.74, 6) is -4.15. The van der Waals surface area contributed by atoms with E-state index in [1.165, 1.54) is 0 Å². The van der Waals surface area contributed by atoms with Crippen LogP contribution in [0.1, 0.15) is 26.7 Å². The second-order valence-electron chi connectivity index (χ2n) is 4.99. The number of sulfonamides is 1. The van der Waals surface area contributed by atoms with Crippen LogP contribution in [0.5, 0.6) is 0 Å². The molecule has 0 aromatic heterocycles. The topological polar surface area (TPSA) is 58.2 Å². The molecule has 0 aliphatic rings. The first kappa shape index (κ1) is 17.8. The van der Waals surface area contributed by atoms with Crippen LogP contribution in [0.4, 0.5) is 18.9 Å². The summed E-state index contributed by atoms with van der Waals surface area (Å²) in [6.07, 6.45) is 0.980. The van der Waals surface area contributed by atoms with Crippen molar-refractivity contribution in [2.45, 2.75) is 32.7 Å². The first-order valence-electron chi connectivity index (χ1n) is 6.59. The molecule has 0 unspecified atom stereocenters. The van der Waals surface area contributed by atoms with Gasteiger partial charge < -0.3 is 5.32 Å². The van der Waals surface area contributed by atoms with Crippen molar-refractivity contribution in [3.8, 4) is 0 Å². The molecular formula is C13H19F3N2O2S. The van der Waals surface area contributed by atoms with Gasteiger partial charge >= 0.3 is 0 Å². The van der Waals surface area contributed by atoms with Gasteiger partial charge in [0.25, 0.3) is 0 Å². The summed E-state index contributed by atoms with van der Waals surface area (Å²) in [5.41, 5.74) is -0.715. The van der Waals surface area contributed by atoms with Gasteiger partial charge in [0.15, 0.2) is 11.6 Å². The summed E-state index contributed by atoms with van der Waals surface area (Å²) in [5, 5.41) is 3.13. The van der Waals surface area contributed by atoms with E-state index in [0.29, 0.717) is 37.6 Å². The van der Waals surface area contributed by atoms with E-state index in [1.807, 2.05) is 18.6 Å². The van der Waals surface area contributed by atoms with Crippen LogP contribution in [0, 0.1) is 17.5 Å². The van der Waals surface area contributed by atoms with Gasteiger partial charge in [0.05, 0.1) is 11.4 Å². The molecule has 1 aromatic rings. The fourth-order valence-electron chi connectivity index (χ4n) is 1.66. The minimum atomic E-state index is -3.84. The summed E-state index contributed by atoms with van der Waals surface area (Å²) < 4.78 is 64.6. The van der Waals surface area contributed by atoms with Crippen molar-refractivity contribution >= 4 is 15.7 Å². The smallest absolute Gasteiger partial charge is 0.232 e. The van der Waals surface area contributed by atoms with E-state index in [-0.39, 0.29) is 5.75 Å². The second-order valence-corrected chi connectivity index (χ2v) is 6.83. The van der Waals surface area contributed by atoms with Crippen molar-refractivity contribution in [3.63, 3.8) is 0 Å². The molecule has 1 aromatic carbocycles. The zero-order valence-electron chi connectivity index (χ0n) is 11.9. The Morgan fingerprint density at radius 1 is 1.14 bits per heavy atom. The predicted octanol–water partition coefficient (Wildman–Crippen LogP) is 2.62. The molecule has 0 saturated carbocycles. The molecule has 21 heavy (non-hydrogen) atoms. The molecule has 0 spiro atoms. The Bertz CT molecular complexity index is 577. The lowest BCUT2D eigenvalue weighted by atomic mass is 10.3. The molecule has 0 aliphatic heterocycles. The first-order valence-corrected chi connectivity index (χ1v) is 8.25. The van der Waals surface area contributed by atoms with Gasteiger partial charge in [0.1, 0.15) is 5.82 Å². The molecule has 120 valence electrons. The lowest BCUT2D eigenvalue weighted by Crippen LogP contribution is -2.24. The first-order chi connectivity index (χ1) is 9.71. The van der Waals surface area contributed by atoms with Crippen molar-refractivity contribution in [1.82, 2.24) is 5.32 Å². The average molecular weight is 324 g/mol. The summed E-state index contributed by atoms with van der Waals surface area (Å²) in [4.78, 5) is 0. The third-order valence-corrected chi connectivity index (χ3v) is 4.01. The Labute approximate surface area is 122 Å². The van der Waals surface area contributed by atoms with Crippen LogP contribution < -0.4 is 10.0 Å². The highest BCUT2D eigenvalue weighted by Crippen LogP contribution is 2.20. The van der Waals surface area contributed by atoms with Gasteiger partial charge in [0.2, 0.25) is 10.0 Å². The van der Waals surface area contributed by atoms with Gasteiger partial charge in [-0.3, -0.25) is 4.72 Å². The summed E-state index contributed by atoms with van der Waals surface area (Å²) in [6.45, 7) is 4.61. The molecule has 0 radical (unpaired) electrons. The van der Waals surface area contributed by atoms with Gasteiger partial charge in [-0.05, 0) is 19.4 Å². The van der Waals surface area contributed by atoms with Crippen LogP contribution in [0.15, 0.2) is 12.1 Å². The van der Waals surface area contributed by atoms with Gasteiger partial charge in [-0.2, -0.15) is 0 Å². The Kier molecular flexibility index (Phi) is 6.47. The van der Waals surface area contributed by atoms with Gasteiger partial charge in [-0.1, -0.05) is 13.8 Å². The number of hydrogen-bond acceptors (Lipinski definition) is 3. The van der Waals surface area contributed by atoms with Gasteiger partial charge in [-0.25, -0.2) is 21.6 Å². The number of benzene rings is 1. The fourth-order valence-corrected chi connectivity index (χ4v) is 2.83. The monoisotopic (exact) mass is 324 g/mol. The Morgan fingerprint density at radius 2 is 1.81 bits per heavy atom. The molecule has 4 nitrogen and oxygen atoms in total. The molecule has 8 heteroatoms. The zero-order valence-corrected chi connectivity index (χ0v) is 12.7. The maximum absolute atomic E-state index is 13.4. The van der Waals surface area contributed by atoms with Gasteiger partial charge in [0, 0.05) is 18.2 Å². The number of anilines is 1. The van der Waals surface area contributed by atoms with Crippen LogP contribution in [-0.4, -0.2) is 26.8 Å². The highest BCUT2D eigenvalue weighted by Gasteiger charge is 2.17. The molecule has 1 rings (SSSR count). The maximum Gasteiger partial charge on any atom is 0.232 e. The van der Waals surface area contributed by atoms with Crippen LogP contribution in [0.3, 0.4) is 0 Å². The summed E-state index contributed by atoms with van der Waals surface area (Å²) >= 11 is 0. The normalized spacial score (nSPS) is 11.9. The van der Waals surface area contributed by atoms with E-state index in [1.54, 1.807) is 0 Å². The standard InChI is InChI=1S/C13H19F3N2O2S/c1-9(2)17-5-3-4-6-21(19,20)18-12-8-10(14)7-11(15)13(12)16/h7-9,17-18H,3-6H2,1-2H3. The third kappa shape index (κ3) is 6.34. The zero-order chi connectivity index (χ0) is 16.0. The maximum atomic E-state index is 13.4. The van der Waals surface area contributed by atoms with Crippen LogP contribution in [-0.2, 0) is 10.0 Å². The lowest BCUT2D eigenvalue weighted by molar-refractivity contribution is 0.498. The molecule has 0 heterocycles. The molecule has 0 aliphatic carbocycles. The largest absolute Gasteiger partial charge is 0.315 e. The van der Waals surface area contributed by atoms with E-state index >= 15 is 0 Å². The van der Waals surface area contributed by atoms with Crippen LogP contribution in [0.25, 0.3) is 0 Å². The Balaban J connectivity index is 2.57.